The first-order valence-electron chi connectivity index (χ1n) is 6.72. The maximum atomic E-state index is 3.43. The van der Waals surface area contributed by atoms with Crippen molar-refractivity contribution < 1.29 is 0 Å². The van der Waals surface area contributed by atoms with E-state index in [0.717, 1.165) is 5.92 Å². The van der Waals surface area contributed by atoms with Crippen LogP contribution >= 0.6 is 0 Å². The van der Waals surface area contributed by atoms with E-state index < -0.39 is 0 Å². The van der Waals surface area contributed by atoms with Crippen molar-refractivity contribution in [2.75, 3.05) is 53.9 Å². The van der Waals surface area contributed by atoms with Gasteiger partial charge in [0.1, 0.15) is 0 Å². The summed E-state index contributed by atoms with van der Waals surface area (Å²) >= 11 is 0. The summed E-state index contributed by atoms with van der Waals surface area (Å²) in [7, 11) is 6.56. The van der Waals surface area contributed by atoms with Crippen molar-refractivity contribution in [1.29, 1.82) is 0 Å². The largest absolute Gasteiger partial charge is 0.317 e. The van der Waals surface area contributed by atoms with E-state index in [2.05, 4.69) is 36.3 Å². The van der Waals surface area contributed by atoms with Gasteiger partial charge in [0.15, 0.2) is 0 Å². The van der Waals surface area contributed by atoms with Gasteiger partial charge in [0.05, 0.1) is 0 Å². The average Bonchev–Trinajstić information content (AvgIpc) is 2.27. The third-order valence-corrected chi connectivity index (χ3v) is 3.52. The standard InChI is InChI=1S/C13H29N3/c1-15(2)10-4-11-16(3)12-7-13-5-8-14-9-6-13/h13-14H,4-12H2,1-3H3. The van der Waals surface area contributed by atoms with E-state index in [1.54, 1.807) is 0 Å². The molecule has 1 saturated heterocycles. The summed E-state index contributed by atoms with van der Waals surface area (Å²) in [5.41, 5.74) is 0. The summed E-state index contributed by atoms with van der Waals surface area (Å²) in [4.78, 5) is 4.76. The maximum absolute atomic E-state index is 3.43. The van der Waals surface area contributed by atoms with Gasteiger partial charge in [-0.3, -0.25) is 0 Å². The number of hydrogen-bond acceptors (Lipinski definition) is 3. The molecular formula is C13H29N3. The lowest BCUT2D eigenvalue weighted by Gasteiger charge is -2.25. The summed E-state index contributed by atoms with van der Waals surface area (Å²) in [6.45, 7) is 6.18. The Morgan fingerprint density at radius 3 is 2.31 bits per heavy atom. The molecule has 3 heteroatoms. The highest BCUT2D eigenvalue weighted by molar-refractivity contribution is 4.69. The van der Waals surface area contributed by atoms with Gasteiger partial charge < -0.3 is 15.1 Å². The minimum atomic E-state index is 0.970. The molecule has 1 heterocycles. The summed E-state index contributed by atoms with van der Waals surface area (Å²) in [6.07, 6.45) is 5.44. The van der Waals surface area contributed by atoms with Gasteiger partial charge in [-0.15, -0.1) is 0 Å². The van der Waals surface area contributed by atoms with Crippen LogP contribution in [0.25, 0.3) is 0 Å². The van der Waals surface area contributed by atoms with E-state index in [1.807, 2.05) is 0 Å². The molecule has 1 N–H and O–H groups in total. The number of nitrogens with one attached hydrogen (secondary N) is 1. The molecule has 1 fully saturated rings. The van der Waals surface area contributed by atoms with Crippen LogP contribution in [0.1, 0.15) is 25.7 Å². The second-order valence-corrected chi connectivity index (χ2v) is 5.44. The fraction of sp³-hybridized carbons (Fsp3) is 1.00. The minimum Gasteiger partial charge on any atom is -0.317 e. The smallest absolute Gasteiger partial charge is 0.000960 e. The molecule has 0 unspecified atom stereocenters. The van der Waals surface area contributed by atoms with Gasteiger partial charge in [-0.05, 0) is 85.5 Å². The third-order valence-electron chi connectivity index (χ3n) is 3.52. The van der Waals surface area contributed by atoms with Crippen molar-refractivity contribution in [2.45, 2.75) is 25.7 Å². The first kappa shape index (κ1) is 13.9. The molecule has 0 radical (unpaired) electrons. The molecule has 0 bridgehead atoms. The quantitative estimate of drug-likeness (QED) is 0.706. The first-order chi connectivity index (χ1) is 7.68. The Morgan fingerprint density at radius 2 is 1.69 bits per heavy atom. The Labute approximate surface area is 101 Å². The third kappa shape index (κ3) is 6.46. The zero-order chi connectivity index (χ0) is 11.8. The molecule has 0 amide bonds. The van der Waals surface area contributed by atoms with Gasteiger partial charge in [-0.2, -0.15) is 0 Å². The van der Waals surface area contributed by atoms with E-state index in [9.17, 15) is 0 Å². The van der Waals surface area contributed by atoms with Crippen LogP contribution in [0.4, 0.5) is 0 Å². The molecule has 0 atom stereocenters. The van der Waals surface area contributed by atoms with Crippen molar-refractivity contribution in [1.82, 2.24) is 15.1 Å². The van der Waals surface area contributed by atoms with E-state index in [-0.39, 0.29) is 0 Å². The Morgan fingerprint density at radius 1 is 1.00 bits per heavy atom. The summed E-state index contributed by atoms with van der Waals surface area (Å²) in [6, 6.07) is 0. The normalized spacial score (nSPS) is 18.6. The molecule has 1 rings (SSSR count). The zero-order valence-corrected chi connectivity index (χ0v) is 11.3. The van der Waals surface area contributed by atoms with E-state index in [1.165, 1.54) is 58.4 Å². The molecule has 3 nitrogen and oxygen atoms in total. The van der Waals surface area contributed by atoms with Crippen LogP contribution < -0.4 is 5.32 Å². The predicted molar refractivity (Wildman–Crippen MR) is 70.9 cm³/mol. The second kappa shape index (κ2) is 8.04. The highest BCUT2D eigenvalue weighted by Gasteiger charge is 2.13. The van der Waals surface area contributed by atoms with Crippen molar-refractivity contribution >= 4 is 0 Å². The van der Waals surface area contributed by atoms with E-state index in [4.69, 9.17) is 0 Å². The molecular weight excluding hydrogens is 198 g/mol. The fourth-order valence-corrected chi connectivity index (χ4v) is 2.34. The Balaban J connectivity index is 1.98. The molecule has 0 spiro atoms. The zero-order valence-electron chi connectivity index (χ0n) is 11.3. The number of nitrogens with zero attached hydrogens (tertiary/aromatic N) is 2. The Bertz CT molecular complexity index is 165. The summed E-state index contributed by atoms with van der Waals surface area (Å²) in [5, 5.41) is 3.43. The molecule has 1 aliphatic heterocycles. The van der Waals surface area contributed by atoms with Crippen molar-refractivity contribution in [3.05, 3.63) is 0 Å². The van der Waals surface area contributed by atoms with Crippen LogP contribution in [-0.2, 0) is 0 Å². The highest BCUT2D eigenvalue weighted by Crippen LogP contribution is 2.15. The van der Waals surface area contributed by atoms with Crippen molar-refractivity contribution in [2.24, 2.45) is 5.92 Å². The summed E-state index contributed by atoms with van der Waals surface area (Å²) in [5.74, 6) is 0.970. The van der Waals surface area contributed by atoms with Crippen molar-refractivity contribution in [3.63, 3.8) is 0 Å². The van der Waals surface area contributed by atoms with Crippen molar-refractivity contribution in [3.8, 4) is 0 Å². The van der Waals surface area contributed by atoms with E-state index in [0.29, 0.717) is 0 Å². The lowest BCUT2D eigenvalue weighted by molar-refractivity contribution is 0.258. The van der Waals surface area contributed by atoms with Gasteiger partial charge in [0, 0.05) is 0 Å². The van der Waals surface area contributed by atoms with Gasteiger partial charge >= 0.3 is 0 Å². The van der Waals surface area contributed by atoms with Gasteiger partial charge in [-0.25, -0.2) is 0 Å². The topological polar surface area (TPSA) is 18.5 Å². The monoisotopic (exact) mass is 227 g/mol. The predicted octanol–water partition coefficient (Wildman–Crippen LogP) is 1.26. The van der Waals surface area contributed by atoms with Gasteiger partial charge in [0.2, 0.25) is 0 Å². The first-order valence-corrected chi connectivity index (χ1v) is 6.72. The van der Waals surface area contributed by atoms with Crippen LogP contribution in [-0.4, -0.2) is 63.7 Å². The van der Waals surface area contributed by atoms with Gasteiger partial charge in [0.25, 0.3) is 0 Å². The number of piperidine rings is 1. The maximum Gasteiger partial charge on any atom is -0.000960 e. The van der Waals surface area contributed by atoms with Crippen LogP contribution in [0.5, 0.6) is 0 Å². The van der Waals surface area contributed by atoms with Crippen LogP contribution in [0.15, 0.2) is 0 Å². The Hall–Kier alpha value is -0.120. The number of rotatable bonds is 7. The lowest BCUT2D eigenvalue weighted by atomic mass is 9.94. The highest BCUT2D eigenvalue weighted by atomic mass is 15.1. The Kier molecular flexibility index (Phi) is 7.01. The molecule has 16 heavy (non-hydrogen) atoms. The molecule has 0 aromatic rings. The minimum absolute atomic E-state index is 0.970. The van der Waals surface area contributed by atoms with Gasteiger partial charge in [-0.1, -0.05) is 0 Å². The lowest BCUT2D eigenvalue weighted by Crippen LogP contribution is -2.31. The fourth-order valence-electron chi connectivity index (χ4n) is 2.34. The molecule has 1 aliphatic rings. The number of hydrogen-bond donors (Lipinski definition) is 1. The average molecular weight is 227 g/mol. The van der Waals surface area contributed by atoms with Crippen LogP contribution in [0.2, 0.25) is 0 Å². The molecule has 0 saturated carbocycles. The van der Waals surface area contributed by atoms with Crippen LogP contribution in [0.3, 0.4) is 0 Å². The SMILES string of the molecule is CN(C)CCCN(C)CCC1CCNCC1. The molecule has 96 valence electrons. The molecule has 0 aromatic heterocycles. The van der Waals surface area contributed by atoms with Crippen LogP contribution in [0, 0.1) is 5.92 Å². The second-order valence-electron chi connectivity index (χ2n) is 5.44. The summed E-state index contributed by atoms with van der Waals surface area (Å²) < 4.78 is 0. The molecule has 0 aromatic carbocycles. The van der Waals surface area contributed by atoms with E-state index >= 15 is 0 Å². The molecule has 0 aliphatic carbocycles.